The fourth-order valence-corrected chi connectivity index (χ4v) is 5.16. The van der Waals surface area contributed by atoms with Crippen LogP contribution in [0.1, 0.15) is 27.9 Å². The highest BCUT2D eigenvalue weighted by molar-refractivity contribution is 7.92. The molecule has 1 unspecified atom stereocenters. The van der Waals surface area contributed by atoms with Crippen LogP contribution in [0.15, 0.2) is 108 Å². The van der Waals surface area contributed by atoms with Crippen molar-refractivity contribution in [1.82, 2.24) is 0 Å². The number of hydrogen-bond donors (Lipinski definition) is 2. The molecule has 0 aliphatic carbocycles. The van der Waals surface area contributed by atoms with Gasteiger partial charge in [0, 0.05) is 17.7 Å². The van der Waals surface area contributed by atoms with Crippen molar-refractivity contribution in [3.8, 4) is 11.1 Å². The van der Waals surface area contributed by atoms with E-state index < -0.39 is 33.7 Å². The Kier molecular flexibility index (Phi) is 8.39. The Morgan fingerprint density at radius 2 is 1.32 bits per heavy atom. The molecule has 1 atom stereocenters. The van der Waals surface area contributed by atoms with Gasteiger partial charge in [-0.25, -0.2) is 8.42 Å². The van der Waals surface area contributed by atoms with Crippen LogP contribution >= 0.6 is 0 Å². The smallest absolute Gasteiger partial charge is 0.416 e. The second-order valence-electron chi connectivity index (χ2n) is 9.13. The van der Waals surface area contributed by atoms with E-state index in [1.54, 1.807) is 36.4 Å². The molecule has 0 aliphatic heterocycles. The average Bonchev–Trinajstić information content (AvgIpc) is 2.93. The fourth-order valence-electron chi connectivity index (χ4n) is 4.10. The number of carbonyl (C=O) groups excluding carboxylic acids is 1. The van der Waals surface area contributed by atoms with E-state index in [1.165, 1.54) is 12.1 Å². The molecule has 0 amide bonds. The minimum atomic E-state index is -4.57. The topological polar surface area (TPSA) is 101 Å². The summed E-state index contributed by atoms with van der Waals surface area (Å²) in [6.07, 6.45) is -4.47. The lowest BCUT2D eigenvalue weighted by atomic mass is 9.91. The van der Waals surface area contributed by atoms with Gasteiger partial charge in [-0.15, -0.1) is 0 Å². The monoisotopic (exact) mass is 567 g/mol. The molecule has 40 heavy (non-hydrogen) atoms. The van der Waals surface area contributed by atoms with Crippen molar-refractivity contribution in [3.05, 3.63) is 120 Å². The Morgan fingerprint density at radius 3 is 1.85 bits per heavy atom. The van der Waals surface area contributed by atoms with Crippen LogP contribution in [0.2, 0.25) is 0 Å². The molecule has 0 spiro atoms. The molecule has 0 saturated heterocycles. The van der Waals surface area contributed by atoms with Gasteiger partial charge in [-0.2, -0.15) is 13.2 Å². The van der Waals surface area contributed by atoms with E-state index in [0.717, 1.165) is 28.8 Å². The largest absolute Gasteiger partial charge is 0.481 e. The Hall–Kier alpha value is -4.44. The van der Waals surface area contributed by atoms with Gasteiger partial charge in [0.2, 0.25) is 0 Å². The summed E-state index contributed by atoms with van der Waals surface area (Å²) < 4.78 is 65.8. The number of alkyl halides is 3. The lowest BCUT2D eigenvalue weighted by Gasteiger charge is -2.12. The quantitative estimate of drug-likeness (QED) is 0.208. The van der Waals surface area contributed by atoms with E-state index in [-0.39, 0.29) is 29.2 Å². The normalized spacial score (nSPS) is 12.5. The van der Waals surface area contributed by atoms with Gasteiger partial charge in [-0.1, -0.05) is 66.7 Å². The van der Waals surface area contributed by atoms with E-state index in [4.69, 9.17) is 0 Å². The zero-order chi connectivity index (χ0) is 28.9. The van der Waals surface area contributed by atoms with Gasteiger partial charge in [0.1, 0.15) is 0 Å². The summed E-state index contributed by atoms with van der Waals surface area (Å²) in [5.74, 6) is -2.18. The highest BCUT2D eigenvalue weighted by Crippen LogP contribution is 2.30. The molecular weight excluding hydrogens is 543 g/mol. The second kappa shape index (κ2) is 11.7. The van der Waals surface area contributed by atoms with Crippen molar-refractivity contribution in [2.45, 2.75) is 23.9 Å². The van der Waals surface area contributed by atoms with Crippen LogP contribution in [0.25, 0.3) is 11.1 Å². The number of carboxylic acids is 1. The number of Topliss-reactive ketones (excluding diaryl/α,β-unsaturated/α-hetero) is 1. The number of hydrogen-bond acceptors (Lipinski definition) is 4. The number of halogens is 3. The van der Waals surface area contributed by atoms with Crippen LogP contribution in [0, 0.1) is 5.92 Å². The van der Waals surface area contributed by atoms with E-state index in [0.29, 0.717) is 17.7 Å². The SMILES string of the molecule is O=C(CC(Cc1ccccc1)C(=O)O)c1ccc(-c2ccc(NS(=O)(=O)c3ccc(C(F)(F)F)cc3)cc2)cc1. The van der Waals surface area contributed by atoms with Gasteiger partial charge in [0.05, 0.1) is 16.4 Å². The molecule has 4 aromatic rings. The van der Waals surface area contributed by atoms with Crippen molar-refractivity contribution in [2.75, 3.05) is 4.72 Å². The number of anilines is 1. The highest BCUT2D eigenvalue weighted by atomic mass is 32.2. The summed E-state index contributed by atoms with van der Waals surface area (Å²) in [4.78, 5) is 24.2. The average molecular weight is 568 g/mol. The number of nitrogens with one attached hydrogen (secondary N) is 1. The van der Waals surface area contributed by atoms with Crippen molar-refractivity contribution in [1.29, 1.82) is 0 Å². The molecule has 0 bridgehead atoms. The number of benzene rings is 4. The standard InChI is InChI=1S/C30H24F3NO5S/c31-30(32,33)25-12-16-27(17-13-25)40(38,39)34-26-14-10-22(11-15-26)21-6-8-23(9-7-21)28(35)19-24(29(36)37)18-20-4-2-1-3-5-20/h1-17,24,34H,18-19H2,(H,36,37). The van der Waals surface area contributed by atoms with Gasteiger partial charge >= 0.3 is 12.1 Å². The number of aliphatic carboxylic acids is 1. The first-order chi connectivity index (χ1) is 18.9. The number of carboxylic acid groups (broad SMARTS) is 1. The summed E-state index contributed by atoms with van der Waals surface area (Å²) >= 11 is 0. The summed E-state index contributed by atoms with van der Waals surface area (Å²) in [5.41, 5.74) is 1.95. The maximum atomic E-state index is 12.8. The van der Waals surface area contributed by atoms with Crippen molar-refractivity contribution >= 4 is 27.5 Å². The third-order valence-electron chi connectivity index (χ3n) is 6.28. The second-order valence-corrected chi connectivity index (χ2v) is 10.8. The molecule has 206 valence electrons. The summed E-state index contributed by atoms with van der Waals surface area (Å²) in [6.45, 7) is 0. The van der Waals surface area contributed by atoms with Gasteiger partial charge in [-0.05, 0) is 59.5 Å². The zero-order valence-corrected chi connectivity index (χ0v) is 21.7. The highest BCUT2D eigenvalue weighted by Gasteiger charge is 2.30. The number of rotatable bonds is 10. The van der Waals surface area contributed by atoms with Gasteiger partial charge in [0.25, 0.3) is 10.0 Å². The van der Waals surface area contributed by atoms with Gasteiger partial charge in [0.15, 0.2) is 5.78 Å². The molecule has 2 N–H and O–H groups in total. The first-order valence-electron chi connectivity index (χ1n) is 12.1. The Labute approximate surface area is 229 Å². The third kappa shape index (κ3) is 7.15. The number of sulfonamides is 1. The molecule has 0 fully saturated rings. The van der Waals surface area contributed by atoms with Crippen LogP contribution in [0.4, 0.5) is 18.9 Å². The Bertz CT molecular complexity index is 1580. The van der Waals surface area contributed by atoms with E-state index in [1.807, 2.05) is 30.3 Å². The number of ketones is 1. The first kappa shape index (κ1) is 28.6. The molecule has 10 heteroatoms. The third-order valence-corrected chi connectivity index (χ3v) is 7.67. The molecule has 4 aromatic carbocycles. The van der Waals surface area contributed by atoms with Crippen LogP contribution in [0.5, 0.6) is 0 Å². The van der Waals surface area contributed by atoms with Crippen LogP contribution in [-0.2, 0) is 27.4 Å². The predicted octanol–water partition coefficient (Wildman–Crippen LogP) is 6.69. The van der Waals surface area contributed by atoms with Gasteiger partial charge < -0.3 is 5.11 Å². The zero-order valence-electron chi connectivity index (χ0n) is 20.9. The van der Waals surface area contributed by atoms with Crippen LogP contribution in [-0.4, -0.2) is 25.3 Å². The lowest BCUT2D eigenvalue weighted by molar-refractivity contribution is -0.141. The molecule has 0 aromatic heterocycles. The van der Waals surface area contributed by atoms with Crippen LogP contribution < -0.4 is 4.72 Å². The maximum absolute atomic E-state index is 12.8. The first-order valence-corrected chi connectivity index (χ1v) is 13.6. The van der Waals surface area contributed by atoms with Gasteiger partial charge in [-0.3, -0.25) is 14.3 Å². The molecule has 6 nitrogen and oxygen atoms in total. The Balaban J connectivity index is 1.41. The summed E-state index contributed by atoms with van der Waals surface area (Å²) in [6, 6.07) is 25.3. The van der Waals surface area contributed by atoms with E-state index in [9.17, 15) is 36.3 Å². The summed E-state index contributed by atoms with van der Waals surface area (Å²) in [5, 5.41) is 9.59. The number of carbonyl (C=O) groups is 2. The lowest BCUT2D eigenvalue weighted by Crippen LogP contribution is -2.20. The molecule has 4 rings (SSSR count). The van der Waals surface area contributed by atoms with Crippen molar-refractivity contribution < 1.29 is 36.3 Å². The van der Waals surface area contributed by atoms with Crippen molar-refractivity contribution in [3.63, 3.8) is 0 Å². The van der Waals surface area contributed by atoms with E-state index in [2.05, 4.69) is 4.72 Å². The predicted molar refractivity (Wildman–Crippen MR) is 144 cm³/mol. The minimum Gasteiger partial charge on any atom is -0.481 e. The maximum Gasteiger partial charge on any atom is 0.416 e. The molecular formula is C30H24F3NO5S. The molecule has 0 aliphatic rings. The summed E-state index contributed by atoms with van der Waals surface area (Å²) in [7, 11) is -4.10. The molecule has 0 saturated carbocycles. The molecule has 0 heterocycles. The Morgan fingerprint density at radius 1 is 0.775 bits per heavy atom. The molecule has 0 radical (unpaired) electrons. The van der Waals surface area contributed by atoms with Crippen LogP contribution in [0.3, 0.4) is 0 Å². The fraction of sp³-hybridized carbons (Fsp3) is 0.133. The van der Waals surface area contributed by atoms with E-state index >= 15 is 0 Å². The minimum absolute atomic E-state index is 0.142. The van der Waals surface area contributed by atoms with Crippen molar-refractivity contribution in [2.24, 2.45) is 5.92 Å².